The second-order valence-electron chi connectivity index (χ2n) is 8.96. The van der Waals surface area contributed by atoms with Gasteiger partial charge in [0, 0.05) is 6.61 Å². The van der Waals surface area contributed by atoms with E-state index in [9.17, 15) is 9.90 Å². The topological polar surface area (TPSA) is 77.8 Å². The number of likely N-dealkylation sites (N-methyl/N-ethyl adjacent to an activating group) is 1. The van der Waals surface area contributed by atoms with Crippen LogP contribution in [0.15, 0.2) is 24.3 Å². The van der Waals surface area contributed by atoms with Gasteiger partial charge >= 0.3 is 5.97 Å². The van der Waals surface area contributed by atoms with Crippen molar-refractivity contribution in [2.75, 3.05) is 34.3 Å². The summed E-state index contributed by atoms with van der Waals surface area (Å²) in [5, 5.41) is 28.4. The van der Waals surface area contributed by atoms with Gasteiger partial charge in [-0.05, 0) is 25.3 Å². The Morgan fingerprint density at radius 3 is 1.82 bits per heavy atom. The molecule has 0 aliphatic heterocycles. The Hall–Kier alpha value is -1.17. The molecule has 164 valence electrons. The minimum Gasteiger partial charge on any atom is -0.481 e. The number of aliphatic carboxylic acids is 1. The molecule has 0 heterocycles. The van der Waals surface area contributed by atoms with Gasteiger partial charge in [-0.1, -0.05) is 69.6 Å². The van der Waals surface area contributed by atoms with Crippen LogP contribution in [0.1, 0.15) is 77.0 Å². The standard InChI is InChI=1S/C23H43NO4/c1-24(2,3)21-23(28,20-22(26)27)18-16-14-12-10-8-6-4-5-7-9-11-13-15-17-19-25/h12,14,16,18,25,28H,4-11,13,15,17,19-21H2,1-3H3/p+1/t23-/m1/s1. The second-order valence-corrected chi connectivity index (χ2v) is 8.96. The van der Waals surface area contributed by atoms with E-state index in [4.69, 9.17) is 10.2 Å². The lowest BCUT2D eigenvalue weighted by Crippen LogP contribution is -2.49. The number of aliphatic hydroxyl groups is 2. The molecule has 0 unspecified atom stereocenters. The number of hydrogen-bond donors (Lipinski definition) is 3. The summed E-state index contributed by atoms with van der Waals surface area (Å²) >= 11 is 0. The molecule has 0 saturated carbocycles. The summed E-state index contributed by atoms with van der Waals surface area (Å²) in [4.78, 5) is 11.0. The largest absolute Gasteiger partial charge is 0.481 e. The van der Waals surface area contributed by atoms with Crippen LogP contribution in [-0.2, 0) is 4.79 Å². The maximum Gasteiger partial charge on any atom is 0.306 e. The summed E-state index contributed by atoms with van der Waals surface area (Å²) in [6, 6.07) is 0. The molecule has 0 rings (SSSR count). The van der Waals surface area contributed by atoms with Crippen LogP contribution in [0.2, 0.25) is 0 Å². The zero-order chi connectivity index (χ0) is 21.3. The summed E-state index contributed by atoms with van der Waals surface area (Å²) in [7, 11) is 5.81. The second kappa shape index (κ2) is 15.7. The fourth-order valence-electron chi connectivity index (χ4n) is 3.45. The van der Waals surface area contributed by atoms with Crippen molar-refractivity contribution in [2.24, 2.45) is 0 Å². The maximum atomic E-state index is 11.0. The molecule has 0 radical (unpaired) electrons. The number of aliphatic hydroxyl groups excluding tert-OH is 1. The van der Waals surface area contributed by atoms with Crippen molar-refractivity contribution in [1.29, 1.82) is 0 Å². The van der Waals surface area contributed by atoms with E-state index in [0.717, 1.165) is 19.3 Å². The Labute approximate surface area is 172 Å². The van der Waals surface area contributed by atoms with Gasteiger partial charge in [0.2, 0.25) is 0 Å². The first kappa shape index (κ1) is 26.8. The molecule has 5 nitrogen and oxygen atoms in total. The molecule has 0 aromatic heterocycles. The molecular weight excluding hydrogens is 354 g/mol. The lowest BCUT2D eigenvalue weighted by Gasteiger charge is -2.32. The minimum atomic E-state index is -1.33. The number of carboxylic acid groups (broad SMARTS) is 1. The van der Waals surface area contributed by atoms with Crippen LogP contribution in [0.25, 0.3) is 0 Å². The zero-order valence-corrected chi connectivity index (χ0v) is 18.4. The highest BCUT2D eigenvalue weighted by molar-refractivity contribution is 5.68. The summed E-state index contributed by atoms with van der Waals surface area (Å²) in [6.07, 6.45) is 20.4. The predicted molar refractivity (Wildman–Crippen MR) is 116 cm³/mol. The van der Waals surface area contributed by atoms with Crippen LogP contribution in [0.5, 0.6) is 0 Å². The Bertz CT molecular complexity index is 454. The molecule has 1 atom stereocenters. The van der Waals surface area contributed by atoms with Gasteiger partial charge in [-0.25, -0.2) is 0 Å². The number of unbranched alkanes of at least 4 members (excludes halogenated alkanes) is 10. The molecule has 0 amide bonds. The summed E-state index contributed by atoms with van der Waals surface area (Å²) in [5.74, 6) is -0.991. The molecule has 0 fully saturated rings. The van der Waals surface area contributed by atoms with Gasteiger partial charge in [0.1, 0.15) is 12.1 Å². The van der Waals surface area contributed by atoms with Crippen molar-refractivity contribution < 1.29 is 24.6 Å². The Kier molecular flexibility index (Phi) is 15.1. The molecule has 28 heavy (non-hydrogen) atoms. The van der Waals surface area contributed by atoms with Gasteiger partial charge in [-0.15, -0.1) is 0 Å². The molecular formula is C23H44NO4+. The third-order valence-electron chi connectivity index (χ3n) is 4.64. The highest BCUT2D eigenvalue weighted by Gasteiger charge is 2.33. The van der Waals surface area contributed by atoms with E-state index in [-0.39, 0.29) is 6.42 Å². The number of hydrogen-bond acceptors (Lipinski definition) is 3. The Morgan fingerprint density at radius 2 is 1.36 bits per heavy atom. The highest BCUT2D eigenvalue weighted by atomic mass is 16.4. The number of rotatable bonds is 18. The predicted octanol–water partition coefficient (Wildman–Crippen LogP) is 4.29. The first-order valence-corrected chi connectivity index (χ1v) is 10.9. The van der Waals surface area contributed by atoms with E-state index in [1.807, 2.05) is 27.2 Å². The Morgan fingerprint density at radius 1 is 0.857 bits per heavy atom. The van der Waals surface area contributed by atoms with Crippen LogP contribution in [0, 0.1) is 0 Å². The van der Waals surface area contributed by atoms with Crippen LogP contribution in [0.4, 0.5) is 0 Å². The third-order valence-corrected chi connectivity index (χ3v) is 4.64. The maximum absolute atomic E-state index is 11.0. The Balaban J connectivity index is 3.87. The zero-order valence-electron chi connectivity index (χ0n) is 18.4. The first-order chi connectivity index (χ1) is 13.2. The first-order valence-electron chi connectivity index (χ1n) is 10.9. The number of carbonyl (C=O) groups is 1. The van der Waals surface area contributed by atoms with E-state index in [1.54, 1.807) is 12.2 Å². The molecule has 0 bridgehead atoms. The lowest BCUT2D eigenvalue weighted by atomic mass is 9.97. The van der Waals surface area contributed by atoms with Gasteiger partial charge in [-0.2, -0.15) is 0 Å². The van der Waals surface area contributed by atoms with Gasteiger partial charge in [0.15, 0.2) is 0 Å². The summed E-state index contributed by atoms with van der Waals surface area (Å²) in [5.41, 5.74) is -1.33. The van der Waals surface area contributed by atoms with E-state index >= 15 is 0 Å². The molecule has 0 aromatic rings. The van der Waals surface area contributed by atoms with E-state index < -0.39 is 11.6 Å². The number of nitrogens with zero attached hydrogens (tertiary/aromatic N) is 1. The number of carboxylic acids is 1. The third kappa shape index (κ3) is 18.2. The highest BCUT2D eigenvalue weighted by Crippen LogP contribution is 2.17. The van der Waals surface area contributed by atoms with Gasteiger partial charge in [0.05, 0.1) is 27.6 Å². The fourth-order valence-corrected chi connectivity index (χ4v) is 3.45. The molecule has 0 aromatic carbocycles. The smallest absolute Gasteiger partial charge is 0.306 e. The SMILES string of the molecule is C[N+](C)(C)C[C@@](O)(C=CC=CCCCCCCCCCCCCO)CC(=O)O. The normalized spacial score (nSPS) is 14.8. The minimum absolute atomic E-state index is 0.283. The summed E-state index contributed by atoms with van der Waals surface area (Å²) < 4.78 is 0.500. The monoisotopic (exact) mass is 398 g/mol. The molecule has 0 spiro atoms. The molecule has 3 N–H and O–H groups in total. The number of allylic oxidation sites excluding steroid dienone is 3. The molecule has 5 heteroatoms. The van der Waals surface area contributed by atoms with Crippen LogP contribution in [0.3, 0.4) is 0 Å². The van der Waals surface area contributed by atoms with E-state index in [0.29, 0.717) is 17.6 Å². The van der Waals surface area contributed by atoms with Crippen molar-refractivity contribution in [1.82, 2.24) is 0 Å². The van der Waals surface area contributed by atoms with Crippen molar-refractivity contribution in [2.45, 2.75) is 82.7 Å². The van der Waals surface area contributed by atoms with Gasteiger partial charge in [0.25, 0.3) is 0 Å². The van der Waals surface area contributed by atoms with Crippen LogP contribution >= 0.6 is 0 Å². The van der Waals surface area contributed by atoms with Crippen molar-refractivity contribution >= 4 is 5.97 Å². The van der Waals surface area contributed by atoms with Crippen LogP contribution < -0.4 is 0 Å². The lowest BCUT2D eigenvalue weighted by molar-refractivity contribution is -0.876. The van der Waals surface area contributed by atoms with Crippen molar-refractivity contribution in [3.05, 3.63) is 24.3 Å². The van der Waals surface area contributed by atoms with Crippen molar-refractivity contribution in [3.8, 4) is 0 Å². The molecule has 0 aliphatic carbocycles. The van der Waals surface area contributed by atoms with E-state index in [1.165, 1.54) is 51.4 Å². The average Bonchev–Trinajstić information content (AvgIpc) is 2.55. The fraction of sp³-hybridized carbons (Fsp3) is 0.783. The average molecular weight is 399 g/mol. The quantitative estimate of drug-likeness (QED) is 0.183. The van der Waals surface area contributed by atoms with Crippen molar-refractivity contribution in [3.63, 3.8) is 0 Å². The summed E-state index contributed by atoms with van der Waals surface area (Å²) in [6.45, 7) is 0.675. The van der Waals surface area contributed by atoms with E-state index in [2.05, 4.69) is 6.08 Å². The van der Waals surface area contributed by atoms with Gasteiger partial charge in [-0.3, -0.25) is 4.79 Å². The molecule has 0 saturated heterocycles. The van der Waals surface area contributed by atoms with Crippen LogP contribution in [-0.4, -0.2) is 65.7 Å². The molecule has 0 aliphatic rings. The van der Waals surface area contributed by atoms with Gasteiger partial charge < -0.3 is 19.8 Å². The number of quaternary nitrogens is 1.